The number of carbonyl (C=O) groups is 2. The minimum atomic E-state index is -1.18. The second-order valence-electron chi connectivity index (χ2n) is 4.36. The minimum absolute atomic E-state index is 0.0221. The summed E-state index contributed by atoms with van der Waals surface area (Å²) in [4.78, 5) is 21.9. The molecule has 0 aliphatic rings. The number of carboxylic acid groups (broad SMARTS) is 2. The van der Waals surface area contributed by atoms with Gasteiger partial charge in [-0.3, -0.25) is 4.79 Å². The van der Waals surface area contributed by atoms with Crippen LogP contribution in [0, 0.1) is 0 Å². The standard InChI is InChI=1S/C13H12BrN3O4/c14-7-1-3-8(4-2-7)17-9(5-10(15)12(18)19)6-11(16-17)13(20)21/h1-4,6,10H,5,15H2,(H,18,19)(H,20,21)/t10-/m1/s1. The largest absolute Gasteiger partial charge is 0.480 e. The average molecular weight is 354 g/mol. The van der Waals surface area contributed by atoms with E-state index in [4.69, 9.17) is 15.9 Å². The summed E-state index contributed by atoms with van der Waals surface area (Å²) < 4.78 is 2.25. The van der Waals surface area contributed by atoms with Crippen LogP contribution in [0.25, 0.3) is 5.69 Å². The Morgan fingerprint density at radius 1 is 1.29 bits per heavy atom. The first-order valence-corrected chi connectivity index (χ1v) is 6.74. The van der Waals surface area contributed by atoms with Crippen LogP contribution >= 0.6 is 15.9 Å². The van der Waals surface area contributed by atoms with Crippen molar-refractivity contribution in [1.29, 1.82) is 0 Å². The highest BCUT2D eigenvalue weighted by Gasteiger charge is 2.19. The van der Waals surface area contributed by atoms with Crippen molar-refractivity contribution in [1.82, 2.24) is 9.78 Å². The molecule has 2 rings (SSSR count). The second kappa shape index (κ2) is 6.06. The molecule has 21 heavy (non-hydrogen) atoms. The fraction of sp³-hybridized carbons (Fsp3) is 0.154. The molecule has 4 N–H and O–H groups in total. The molecule has 1 aromatic heterocycles. The van der Waals surface area contributed by atoms with Crippen molar-refractivity contribution in [2.45, 2.75) is 12.5 Å². The molecular formula is C13H12BrN3O4. The molecule has 0 fully saturated rings. The number of aromatic carboxylic acids is 1. The molecular weight excluding hydrogens is 342 g/mol. The summed E-state index contributed by atoms with van der Waals surface area (Å²) in [6.45, 7) is 0. The van der Waals surface area contributed by atoms with Crippen molar-refractivity contribution in [2.75, 3.05) is 0 Å². The maximum Gasteiger partial charge on any atom is 0.356 e. The van der Waals surface area contributed by atoms with Gasteiger partial charge in [0.2, 0.25) is 0 Å². The van der Waals surface area contributed by atoms with E-state index in [1.165, 1.54) is 10.7 Å². The number of aromatic nitrogens is 2. The van der Waals surface area contributed by atoms with Crippen LogP contribution in [-0.4, -0.2) is 38.0 Å². The van der Waals surface area contributed by atoms with E-state index < -0.39 is 18.0 Å². The van der Waals surface area contributed by atoms with E-state index in [0.717, 1.165) is 4.47 Å². The van der Waals surface area contributed by atoms with Crippen molar-refractivity contribution >= 4 is 27.9 Å². The molecule has 8 heteroatoms. The maximum atomic E-state index is 11.0. The summed E-state index contributed by atoms with van der Waals surface area (Å²) in [6, 6.07) is 7.22. The first kappa shape index (κ1) is 15.2. The lowest BCUT2D eigenvalue weighted by Gasteiger charge is -2.09. The zero-order valence-electron chi connectivity index (χ0n) is 10.7. The summed E-state index contributed by atoms with van der Waals surface area (Å²) in [5.41, 5.74) is 6.39. The van der Waals surface area contributed by atoms with E-state index in [2.05, 4.69) is 21.0 Å². The number of hydrogen-bond donors (Lipinski definition) is 3. The van der Waals surface area contributed by atoms with Crippen LogP contribution in [0.15, 0.2) is 34.8 Å². The lowest BCUT2D eigenvalue weighted by atomic mass is 10.1. The SMILES string of the molecule is N[C@H](Cc1cc(C(=O)O)nn1-c1ccc(Br)cc1)C(=O)O. The van der Waals surface area contributed by atoms with Crippen LogP contribution in [0.4, 0.5) is 0 Å². The molecule has 1 heterocycles. The lowest BCUT2D eigenvalue weighted by molar-refractivity contribution is -0.138. The fourth-order valence-electron chi connectivity index (χ4n) is 1.79. The molecule has 0 unspecified atom stereocenters. The lowest BCUT2D eigenvalue weighted by Crippen LogP contribution is -2.33. The molecule has 0 saturated heterocycles. The quantitative estimate of drug-likeness (QED) is 0.745. The van der Waals surface area contributed by atoms with Gasteiger partial charge < -0.3 is 15.9 Å². The van der Waals surface area contributed by atoms with Gasteiger partial charge in [0, 0.05) is 16.6 Å². The van der Waals surface area contributed by atoms with Crippen LogP contribution in [0.3, 0.4) is 0 Å². The van der Waals surface area contributed by atoms with Crippen molar-refractivity contribution in [2.24, 2.45) is 5.73 Å². The summed E-state index contributed by atoms with van der Waals surface area (Å²) in [5.74, 6) is -2.34. The Morgan fingerprint density at radius 3 is 2.43 bits per heavy atom. The van der Waals surface area contributed by atoms with Crippen molar-refractivity contribution in [3.05, 3.63) is 46.2 Å². The third-order valence-electron chi connectivity index (χ3n) is 2.82. The zero-order chi connectivity index (χ0) is 15.6. The van der Waals surface area contributed by atoms with E-state index >= 15 is 0 Å². The summed E-state index contributed by atoms with van der Waals surface area (Å²) in [7, 11) is 0. The van der Waals surface area contributed by atoms with Gasteiger partial charge in [0.1, 0.15) is 6.04 Å². The Hall–Kier alpha value is -2.19. The van der Waals surface area contributed by atoms with Crippen molar-refractivity contribution < 1.29 is 19.8 Å². The Bertz CT molecular complexity index is 681. The highest BCUT2D eigenvalue weighted by molar-refractivity contribution is 9.10. The van der Waals surface area contributed by atoms with Gasteiger partial charge in [0.15, 0.2) is 5.69 Å². The van der Waals surface area contributed by atoms with Crippen LogP contribution < -0.4 is 5.73 Å². The van der Waals surface area contributed by atoms with Gasteiger partial charge in [-0.05, 0) is 30.3 Å². The summed E-state index contributed by atoms with van der Waals surface area (Å²) >= 11 is 3.30. The fourth-order valence-corrected chi connectivity index (χ4v) is 2.05. The number of nitrogens with zero attached hydrogens (tertiary/aromatic N) is 2. The number of hydrogen-bond acceptors (Lipinski definition) is 4. The van der Waals surface area contributed by atoms with Crippen LogP contribution in [0.5, 0.6) is 0 Å². The molecule has 110 valence electrons. The number of nitrogens with two attached hydrogens (primary N) is 1. The Morgan fingerprint density at radius 2 is 1.90 bits per heavy atom. The maximum absolute atomic E-state index is 11.0. The van der Waals surface area contributed by atoms with Crippen molar-refractivity contribution in [3.8, 4) is 5.69 Å². The van der Waals surface area contributed by atoms with E-state index in [1.807, 2.05) is 0 Å². The van der Waals surface area contributed by atoms with Gasteiger partial charge in [0.05, 0.1) is 5.69 Å². The monoisotopic (exact) mass is 353 g/mol. The summed E-state index contributed by atoms with van der Waals surface area (Å²) in [6.07, 6.45) is -0.0221. The molecule has 0 spiro atoms. The predicted octanol–water partition coefficient (Wildman–Crippen LogP) is 1.29. The number of benzene rings is 1. The normalized spacial score (nSPS) is 12.1. The minimum Gasteiger partial charge on any atom is -0.480 e. The molecule has 0 aliphatic heterocycles. The number of halogens is 1. The Kier molecular flexibility index (Phi) is 4.39. The molecule has 0 bridgehead atoms. The molecule has 2 aromatic rings. The van der Waals surface area contributed by atoms with Crippen molar-refractivity contribution in [3.63, 3.8) is 0 Å². The molecule has 0 saturated carbocycles. The number of carboxylic acids is 2. The first-order valence-electron chi connectivity index (χ1n) is 5.95. The molecule has 0 radical (unpaired) electrons. The molecule has 0 amide bonds. The molecule has 0 aliphatic carbocycles. The van der Waals surface area contributed by atoms with Gasteiger partial charge in [-0.1, -0.05) is 15.9 Å². The second-order valence-corrected chi connectivity index (χ2v) is 5.28. The Balaban J connectivity index is 2.45. The zero-order valence-corrected chi connectivity index (χ0v) is 12.3. The number of rotatable bonds is 5. The Labute approximate surface area is 128 Å². The molecule has 1 atom stereocenters. The molecule has 7 nitrogen and oxygen atoms in total. The van der Waals surface area contributed by atoms with E-state index in [0.29, 0.717) is 11.4 Å². The van der Waals surface area contributed by atoms with E-state index in [9.17, 15) is 9.59 Å². The van der Waals surface area contributed by atoms with Crippen LogP contribution in [0.2, 0.25) is 0 Å². The number of aliphatic carboxylic acids is 1. The average Bonchev–Trinajstić information content (AvgIpc) is 2.83. The first-order chi connectivity index (χ1) is 9.88. The van der Waals surface area contributed by atoms with Gasteiger partial charge in [0.25, 0.3) is 0 Å². The van der Waals surface area contributed by atoms with Gasteiger partial charge in [-0.25, -0.2) is 9.48 Å². The van der Waals surface area contributed by atoms with E-state index in [1.54, 1.807) is 24.3 Å². The highest BCUT2D eigenvalue weighted by atomic mass is 79.9. The van der Waals surface area contributed by atoms with Gasteiger partial charge in [-0.15, -0.1) is 0 Å². The third-order valence-corrected chi connectivity index (χ3v) is 3.35. The highest BCUT2D eigenvalue weighted by Crippen LogP contribution is 2.17. The summed E-state index contributed by atoms with van der Waals surface area (Å²) in [5, 5.41) is 21.9. The van der Waals surface area contributed by atoms with E-state index in [-0.39, 0.29) is 12.1 Å². The van der Waals surface area contributed by atoms with Crippen LogP contribution in [-0.2, 0) is 11.2 Å². The van der Waals surface area contributed by atoms with Gasteiger partial charge in [-0.2, -0.15) is 5.10 Å². The van der Waals surface area contributed by atoms with Crippen LogP contribution in [0.1, 0.15) is 16.2 Å². The predicted molar refractivity (Wildman–Crippen MR) is 77.5 cm³/mol. The third kappa shape index (κ3) is 3.47. The topological polar surface area (TPSA) is 118 Å². The smallest absolute Gasteiger partial charge is 0.356 e. The van der Waals surface area contributed by atoms with Gasteiger partial charge >= 0.3 is 11.9 Å². The molecule has 1 aromatic carbocycles.